The number of nitrogens with one attached hydrogen (secondary N) is 2. The molecule has 0 spiro atoms. The van der Waals surface area contributed by atoms with Crippen molar-refractivity contribution in [1.29, 1.82) is 0 Å². The van der Waals surface area contributed by atoms with Crippen LogP contribution in [0.15, 0.2) is 42.5 Å². The van der Waals surface area contributed by atoms with Gasteiger partial charge < -0.3 is 15.4 Å². The van der Waals surface area contributed by atoms with Crippen LogP contribution < -0.4 is 10.6 Å². The molecular formula is C19H18FN3O6. The number of nitro groups is 1. The van der Waals surface area contributed by atoms with E-state index in [1.165, 1.54) is 6.92 Å². The smallest absolute Gasteiger partial charge is 0.326 e. The molecule has 1 atom stereocenters. The fourth-order valence-corrected chi connectivity index (χ4v) is 2.31. The second kappa shape index (κ2) is 9.40. The van der Waals surface area contributed by atoms with E-state index in [4.69, 9.17) is 4.74 Å². The van der Waals surface area contributed by atoms with Gasteiger partial charge in [0.15, 0.2) is 6.10 Å². The quantitative estimate of drug-likeness (QED) is 0.415. The third-order valence-corrected chi connectivity index (χ3v) is 3.76. The molecule has 0 unspecified atom stereocenters. The maximum atomic E-state index is 13.3. The maximum absolute atomic E-state index is 13.3. The molecule has 0 fully saturated rings. The molecule has 0 aliphatic heterocycles. The Morgan fingerprint density at radius 1 is 1.21 bits per heavy atom. The second-order valence-corrected chi connectivity index (χ2v) is 6.10. The number of carbonyl (C=O) groups is 3. The first-order valence-electron chi connectivity index (χ1n) is 8.46. The molecule has 2 rings (SSSR count). The molecule has 0 heterocycles. The van der Waals surface area contributed by atoms with E-state index >= 15 is 0 Å². The molecule has 0 radical (unpaired) electrons. The van der Waals surface area contributed by atoms with Crippen molar-refractivity contribution in [2.45, 2.75) is 20.0 Å². The van der Waals surface area contributed by atoms with E-state index in [9.17, 15) is 28.9 Å². The summed E-state index contributed by atoms with van der Waals surface area (Å²) in [7, 11) is 0. The molecule has 10 heteroatoms. The van der Waals surface area contributed by atoms with Crippen molar-refractivity contribution >= 4 is 29.2 Å². The summed E-state index contributed by atoms with van der Waals surface area (Å²) in [6, 6.07) is 9.59. The average Bonchev–Trinajstić information content (AvgIpc) is 2.67. The Kier molecular flexibility index (Phi) is 6.96. The first kappa shape index (κ1) is 21.5. The Labute approximate surface area is 165 Å². The summed E-state index contributed by atoms with van der Waals surface area (Å²) in [6.45, 7) is 2.65. The Morgan fingerprint density at radius 3 is 2.59 bits per heavy atom. The zero-order chi connectivity index (χ0) is 21.6. The summed E-state index contributed by atoms with van der Waals surface area (Å²) in [6.07, 6.45) is -1.25. The molecule has 2 N–H and O–H groups in total. The van der Waals surface area contributed by atoms with Crippen molar-refractivity contribution in [3.05, 3.63) is 69.5 Å². The molecule has 0 aromatic heterocycles. The van der Waals surface area contributed by atoms with E-state index in [0.717, 1.165) is 23.8 Å². The van der Waals surface area contributed by atoms with Gasteiger partial charge in [0.05, 0.1) is 4.92 Å². The fourth-order valence-electron chi connectivity index (χ4n) is 2.31. The van der Waals surface area contributed by atoms with Crippen LogP contribution in [-0.2, 0) is 14.3 Å². The lowest BCUT2D eigenvalue weighted by molar-refractivity contribution is -0.387. The minimum absolute atomic E-state index is 0.0289. The molecule has 0 saturated carbocycles. The van der Waals surface area contributed by atoms with E-state index in [-0.39, 0.29) is 5.69 Å². The van der Waals surface area contributed by atoms with Crippen molar-refractivity contribution in [2.75, 3.05) is 11.9 Å². The topological polar surface area (TPSA) is 128 Å². The van der Waals surface area contributed by atoms with E-state index in [0.29, 0.717) is 5.56 Å². The van der Waals surface area contributed by atoms with Crippen LogP contribution in [0.25, 0.3) is 0 Å². The average molecular weight is 403 g/mol. The predicted molar refractivity (Wildman–Crippen MR) is 101 cm³/mol. The highest BCUT2D eigenvalue weighted by Crippen LogP contribution is 2.21. The summed E-state index contributed by atoms with van der Waals surface area (Å²) in [4.78, 5) is 45.7. The van der Waals surface area contributed by atoms with Crippen molar-refractivity contribution in [2.24, 2.45) is 0 Å². The zero-order valence-corrected chi connectivity index (χ0v) is 15.6. The number of anilines is 1. The lowest BCUT2D eigenvalue weighted by Crippen LogP contribution is -2.35. The van der Waals surface area contributed by atoms with E-state index in [1.54, 1.807) is 18.2 Å². The highest BCUT2D eigenvalue weighted by molar-refractivity contribution is 5.97. The normalized spacial score (nSPS) is 11.3. The molecular weight excluding hydrogens is 385 g/mol. The summed E-state index contributed by atoms with van der Waals surface area (Å²) in [5, 5.41) is 15.4. The molecule has 29 heavy (non-hydrogen) atoms. The molecule has 9 nitrogen and oxygen atoms in total. The summed E-state index contributed by atoms with van der Waals surface area (Å²) in [5.74, 6) is -3.14. The second-order valence-electron chi connectivity index (χ2n) is 6.10. The molecule has 0 aliphatic rings. The van der Waals surface area contributed by atoms with Gasteiger partial charge in [0.1, 0.15) is 6.54 Å². The van der Waals surface area contributed by atoms with Crippen LogP contribution in [0.3, 0.4) is 0 Å². The zero-order valence-electron chi connectivity index (χ0n) is 15.6. The van der Waals surface area contributed by atoms with Crippen molar-refractivity contribution < 1.29 is 28.4 Å². The number of benzene rings is 2. The van der Waals surface area contributed by atoms with E-state index in [2.05, 4.69) is 10.6 Å². The SMILES string of the molecule is Cc1cccc(C(=O)NCC(=O)O[C@@H](C)C(=O)Nc2ccc(F)c([N+](=O)[O-])c2)c1. The third-order valence-electron chi connectivity index (χ3n) is 3.76. The molecule has 152 valence electrons. The van der Waals surface area contributed by atoms with Crippen molar-refractivity contribution in [3.8, 4) is 0 Å². The summed E-state index contributed by atoms with van der Waals surface area (Å²) >= 11 is 0. The van der Waals surface area contributed by atoms with Gasteiger partial charge in [0.2, 0.25) is 5.82 Å². The van der Waals surface area contributed by atoms with Crippen LogP contribution >= 0.6 is 0 Å². The van der Waals surface area contributed by atoms with Gasteiger partial charge >= 0.3 is 11.7 Å². The molecule has 2 aromatic carbocycles. The number of esters is 1. The standard InChI is InChI=1S/C19H18FN3O6/c1-11-4-3-5-13(8-11)19(26)21-10-17(24)29-12(2)18(25)22-14-6-7-15(20)16(9-14)23(27)28/h3-9,12H,10H2,1-2H3,(H,21,26)(H,22,25)/t12-/m0/s1. The molecule has 0 bridgehead atoms. The van der Waals surface area contributed by atoms with E-state index < -0.39 is 46.9 Å². The van der Waals surface area contributed by atoms with Crippen molar-refractivity contribution in [1.82, 2.24) is 5.32 Å². The van der Waals surface area contributed by atoms with Crippen LogP contribution in [0.4, 0.5) is 15.8 Å². The van der Waals surface area contributed by atoms with Gasteiger partial charge in [0.25, 0.3) is 11.8 Å². The number of nitrogens with zero attached hydrogens (tertiary/aromatic N) is 1. The monoisotopic (exact) mass is 403 g/mol. The van der Waals surface area contributed by atoms with Crippen LogP contribution in [0.2, 0.25) is 0 Å². The largest absolute Gasteiger partial charge is 0.451 e. The Balaban J connectivity index is 1.87. The van der Waals surface area contributed by atoms with Gasteiger partial charge in [-0.3, -0.25) is 24.5 Å². The number of hydrogen-bond donors (Lipinski definition) is 2. The number of ether oxygens (including phenoxy) is 1. The van der Waals surface area contributed by atoms with Crippen LogP contribution in [0, 0.1) is 22.9 Å². The minimum atomic E-state index is -1.25. The first-order valence-corrected chi connectivity index (χ1v) is 8.46. The number of aryl methyl sites for hydroxylation is 1. The summed E-state index contributed by atoms with van der Waals surface area (Å²) < 4.78 is 18.2. The summed E-state index contributed by atoms with van der Waals surface area (Å²) in [5.41, 5.74) is 0.429. The van der Waals surface area contributed by atoms with Crippen LogP contribution in [-0.4, -0.2) is 35.4 Å². The van der Waals surface area contributed by atoms with Gasteiger partial charge in [-0.25, -0.2) is 0 Å². The fraction of sp³-hybridized carbons (Fsp3) is 0.211. The number of rotatable bonds is 7. The Morgan fingerprint density at radius 2 is 1.93 bits per heavy atom. The van der Waals surface area contributed by atoms with Gasteiger partial charge in [-0.05, 0) is 38.1 Å². The first-order chi connectivity index (χ1) is 13.7. The number of hydrogen-bond acceptors (Lipinski definition) is 6. The lowest BCUT2D eigenvalue weighted by Gasteiger charge is -2.14. The number of nitro benzene ring substituents is 1. The maximum Gasteiger partial charge on any atom is 0.326 e. The number of amides is 2. The van der Waals surface area contributed by atoms with Gasteiger partial charge in [0, 0.05) is 17.3 Å². The van der Waals surface area contributed by atoms with Crippen LogP contribution in [0.5, 0.6) is 0 Å². The van der Waals surface area contributed by atoms with Crippen molar-refractivity contribution in [3.63, 3.8) is 0 Å². The molecule has 2 amide bonds. The lowest BCUT2D eigenvalue weighted by atomic mass is 10.1. The Bertz CT molecular complexity index is 963. The molecule has 0 aliphatic carbocycles. The highest BCUT2D eigenvalue weighted by atomic mass is 19.1. The number of halogens is 1. The Hall–Kier alpha value is -3.82. The number of carbonyl (C=O) groups excluding carboxylic acids is 3. The van der Waals surface area contributed by atoms with E-state index in [1.807, 2.05) is 13.0 Å². The predicted octanol–water partition coefficient (Wildman–Crippen LogP) is 2.34. The van der Waals surface area contributed by atoms with Crippen LogP contribution in [0.1, 0.15) is 22.8 Å². The van der Waals surface area contributed by atoms with Gasteiger partial charge in [-0.2, -0.15) is 4.39 Å². The van der Waals surface area contributed by atoms with Gasteiger partial charge in [-0.15, -0.1) is 0 Å². The molecule has 2 aromatic rings. The minimum Gasteiger partial charge on any atom is -0.451 e. The van der Waals surface area contributed by atoms with Gasteiger partial charge in [-0.1, -0.05) is 17.7 Å². The molecule has 0 saturated heterocycles. The third kappa shape index (κ3) is 6.09. The highest BCUT2D eigenvalue weighted by Gasteiger charge is 2.20.